The second-order valence-corrected chi connectivity index (χ2v) is 6.44. The standard InChI is InChI=1S/C12H23N3O2S/c1-5-7-8-15(10(3)6-2)18(16,17)12-9-13-14-11(12)4/h9-10H,5-8H2,1-4H3,(H,13,14). The number of sulfonamides is 1. The minimum absolute atomic E-state index is 0.0100. The molecule has 18 heavy (non-hydrogen) atoms. The van der Waals surface area contributed by atoms with E-state index in [-0.39, 0.29) is 6.04 Å². The van der Waals surface area contributed by atoms with Gasteiger partial charge in [-0.05, 0) is 26.7 Å². The van der Waals surface area contributed by atoms with E-state index in [0.29, 0.717) is 17.1 Å². The number of hydrogen-bond acceptors (Lipinski definition) is 3. The normalized spacial score (nSPS) is 14.1. The Bertz CT molecular complexity index is 467. The Kier molecular flexibility index (Phi) is 5.34. The van der Waals surface area contributed by atoms with Gasteiger partial charge < -0.3 is 0 Å². The molecular weight excluding hydrogens is 250 g/mol. The summed E-state index contributed by atoms with van der Waals surface area (Å²) in [6, 6.07) is 0.0100. The molecule has 1 N–H and O–H groups in total. The van der Waals surface area contributed by atoms with Gasteiger partial charge in [0.25, 0.3) is 0 Å². The van der Waals surface area contributed by atoms with E-state index in [4.69, 9.17) is 0 Å². The van der Waals surface area contributed by atoms with Crippen LogP contribution in [0.3, 0.4) is 0 Å². The zero-order valence-electron chi connectivity index (χ0n) is 11.6. The molecule has 1 aromatic rings. The van der Waals surface area contributed by atoms with E-state index in [1.165, 1.54) is 6.20 Å². The van der Waals surface area contributed by atoms with Crippen LogP contribution >= 0.6 is 0 Å². The minimum Gasteiger partial charge on any atom is -0.281 e. The van der Waals surface area contributed by atoms with Crippen LogP contribution in [-0.2, 0) is 10.0 Å². The molecule has 0 fully saturated rings. The topological polar surface area (TPSA) is 66.1 Å². The molecule has 1 unspecified atom stereocenters. The van der Waals surface area contributed by atoms with E-state index in [1.807, 2.05) is 13.8 Å². The lowest BCUT2D eigenvalue weighted by molar-refractivity contribution is 0.324. The van der Waals surface area contributed by atoms with Crippen LogP contribution in [0.4, 0.5) is 0 Å². The fourth-order valence-electron chi connectivity index (χ4n) is 1.82. The first-order valence-corrected chi connectivity index (χ1v) is 7.90. The smallest absolute Gasteiger partial charge is 0.246 e. The number of hydrogen-bond donors (Lipinski definition) is 1. The van der Waals surface area contributed by atoms with Gasteiger partial charge in [0, 0.05) is 12.6 Å². The van der Waals surface area contributed by atoms with Crippen molar-refractivity contribution in [3.8, 4) is 0 Å². The second-order valence-electron chi connectivity index (χ2n) is 4.59. The van der Waals surface area contributed by atoms with E-state index >= 15 is 0 Å². The number of aromatic amines is 1. The summed E-state index contributed by atoms with van der Waals surface area (Å²) < 4.78 is 26.8. The van der Waals surface area contributed by atoms with Gasteiger partial charge >= 0.3 is 0 Å². The Morgan fingerprint density at radius 3 is 2.56 bits per heavy atom. The summed E-state index contributed by atoms with van der Waals surface area (Å²) in [5.41, 5.74) is 0.597. The molecule has 0 aliphatic carbocycles. The Labute approximate surface area is 110 Å². The summed E-state index contributed by atoms with van der Waals surface area (Å²) in [5.74, 6) is 0. The number of H-pyrrole nitrogens is 1. The molecule has 1 heterocycles. The Morgan fingerprint density at radius 2 is 2.11 bits per heavy atom. The molecule has 104 valence electrons. The van der Waals surface area contributed by atoms with Gasteiger partial charge in [-0.15, -0.1) is 0 Å². The Balaban J connectivity index is 3.07. The highest BCUT2D eigenvalue weighted by atomic mass is 32.2. The second kappa shape index (κ2) is 6.33. The van der Waals surface area contributed by atoms with Crippen molar-refractivity contribution in [3.05, 3.63) is 11.9 Å². The van der Waals surface area contributed by atoms with Crippen molar-refractivity contribution in [2.24, 2.45) is 0 Å². The van der Waals surface area contributed by atoms with Crippen molar-refractivity contribution in [2.45, 2.75) is 57.9 Å². The van der Waals surface area contributed by atoms with Crippen LogP contribution < -0.4 is 0 Å². The largest absolute Gasteiger partial charge is 0.281 e. The molecule has 0 aromatic carbocycles. The Morgan fingerprint density at radius 1 is 1.44 bits per heavy atom. The third kappa shape index (κ3) is 3.11. The maximum atomic E-state index is 12.6. The van der Waals surface area contributed by atoms with Crippen molar-refractivity contribution >= 4 is 10.0 Å². The lowest BCUT2D eigenvalue weighted by atomic mass is 10.2. The lowest BCUT2D eigenvalue weighted by Gasteiger charge is -2.27. The molecular formula is C12H23N3O2S. The molecule has 0 aliphatic rings. The molecule has 5 nitrogen and oxygen atoms in total. The molecule has 1 atom stereocenters. The minimum atomic E-state index is -3.43. The number of nitrogens with one attached hydrogen (secondary N) is 1. The predicted molar refractivity (Wildman–Crippen MR) is 71.9 cm³/mol. The molecule has 0 radical (unpaired) electrons. The van der Waals surface area contributed by atoms with Crippen LogP contribution in [0.15, 0.2) is 11.1 Å². The maximum Gasteiger partial charge on any atom is 0.246 e. The summed E-state index contributed by atoms with van der Waals surface area (Å²) in [5, 5.41) is 6.49. The van der Waals surface area contributed by atoms with Crippen LogP contribution in [0.25, 0.3) is 0 Å². The fraction of sp³-hybridized carbons (Fsp3) is 0.750. The third-order valence-corrected chi connectivity index (χ3v) is 5.31. The first-order valence-electron chi connectivity index (χ1n) is 6.46. The van der Waals surface area contributed by atoms with Crippen molar-refractivity contribution in [1.29, 1.82) is 0 Å². The van der Waals surface area contributed by atoms with Crippen molar-refractivity contribution < 1.29 is 8.42 Å². The summed E-state index contributed by atoms with van der Waals surface area (Å²) in [4.78, 5) is 0.291. The maximum absolute atomic E-state index is 12.6. The van der Waals surface area contributed by atoms with Crippen LogP contribution in [0.2, 0.25) is 0 Å². The SMILES string of the molecule is CCCCN(C(C)CC)S(=O)(=O)c1cn[nH]c1C. The molecule has 0 aliphatic heterocycles. The highest BCUT2D eigenvalue weighted by Crippen LogP contribution is 2.21. The molecule has 0 saturated carbocycles. The first-order chi connectivity index (χ1) is 8.45. The monoisotopic (exact) mass is 273 g/mol. The van der Waals surface area contributed by atoms with Gasteiger partial charge in [-0.3, -0.25) is 5.10 Å². The van der Waals surface area contributed by atoms with Crippen molar-refractivity contribution in [2.75, 3.05) is 6.54 Å². The van der Waals surface area contributed by atoms with Crippen molar-refractivity contribution in [1.82, 2.24) is 14.5 Å². The lowest BCUT2D eigenvalue weighted by Crippen LogP contribution is -2.39. The van der Waals surface area contributed by atoms with Gasteiger partial charge in [-0.25, -0.2) is 8.42 Å². The van der Waals surface area contributed by atoms with Crippen LogP contribution in [0, 0.1) is 6.92 Å². The van der Waals surface area contributed by atoms with Gasteiger partial charge in [0.1, 0.15) is 4.90 Å². The van der Waals surface area contributed by atoms with E-state index in [0.717, 1.165) is 19.3 Å². The zero-order chi connectivity index (χ0) is 13.8. The van der Waals surface area contributed by atoms with Gasteiger partial charge in [-0.1, -0.05) is 20.3 Å². The molecule has 0 bridgehead atoms. The number of nitrogens with zero attached hydrogens (tertiary/aromatic N) is 2. The van der Waals surface area contributed by atoms with Crippen LogP contribution in [0.5, 0.6) is 0 Å². The number of aryl methyl sites for hydroxylation is 1. The van der Waals surface area contributed by atoms with Gasteiger partial charge in [0.15, 0.2) is 0 Å². The molecule has 0 saturated heterocycles. The zero-order valence-corrected chi connectivity index (χ0v) is 12.4. The summed E-state index contributed by atoms with van der Waals surface area (Å²) in [7, 11) is -3.43. The van der Waals surface area contributed by atoms with Crippen molar-refractivity contribution in [3.63, 3.8) is 0 Å². The first kappa shape index (κ1) is 15.2. The quantitative estimate of drug-likeness (QED) is 0.829. The van der Waals surface area contributed by atoms with Gasteiger partial charge in [0.2, 0.25) is 10.0 Å². The number of rotatable bonds is 7. The predicted octanol–water partition coefficient (Wildman–Crippen LogP) is 2.31. The average Bonchev–Trinajstić information content (AvgIpc) is 2.76. The molecule has 0 amide bonds. The van der Waals surface area contributed by atoms with Gasteiger partial charge in [0.05, 0.1) is 11.9 Å². The highest BCUT2D eigenvalue weighted by molar-refractivity contribution is 7.89. The summed E-state index contributed by atoms with van der Waals surface area (Å²) >= 11 is 0. The van der Waals surface area contributed by atoms with E-state index in [1.54, 1.807) is 11.2 Å². The van der Waals surface area contributed by atoms with E-state index in [9.17, 15) is 8.42 Å². The number of aromatic nitrogens is 2. The molecule has 0 spiro atoms. The summed E-state index contributed by atoms with van der Waals surface area (Å²) in [6.07, 6.45) is 4.05. The molecule has 1 rings (SSSR count). The molecule has 1 aromatic heterocycles. The van der Waals surface area contributed by atoms with E-state index in [2.05, 4.69) is 17.1 Å². The van der Waals surface area contributed by atoms with Gasteiger partial charge in [-0.2, -0.15) is 9.40 Å². The van der Waals surface area contributed by atoms with E-state index < -0.39 is 10.0 Å². The van der Waals surface area contributed by atoms with Crippen LogP contribution in [-0.4, -0.2) is 35.5 Å². The third-order valence-electron chi connectivity index (χ3n) is 3.18. The summed E-state index contributed by atoms with van der Waals surface area (Å²) in [6.45, 7) is 8.31. The highest BCUT2D eigenvalue weighted by Gasteiger charge is 2.29. The fourth-order valence-corrected chi connectivity index (χ4v) is 3.68. The number of unbranched alkanes of at least 4 members (excludes halogenated alkanes) is 1. The average molecular weight is 273 g/mol. The Hall–Kier alpha value is -0.880. The molecule has 6 heteroatoms. The van der Waals surface area contributed by atoms with Crippen LogP contribution in [0.1, 0.15) is 45.7 Å².